The molecule has 0 amide bonds. The molecule has 0 bridgehead atoms. The predicted octanol–water partition coefficient (Wildman–Crippen LogP) is 2.03. The lowest BCUT2D eigenvalue weighted by molar-refractivity contribution is 0.0597. The Morgan fingerprint density at radius 1 is 1.50 bits per heavy atom. The molecule has 3 nitrogen and oxygen atoms in total. The van der Waals surface area contributed by atoms with E-state index in [9.17, 15) is 0 Å². The van der Waals surface area contributed by atoms with Crippen molar-refractivity contribution >= 4 is 11.3 Å². The van der Waals surface area contributed by atoms with Crippen molar-refractivity contribution in [3.05, 3.63) is 16.1 Å². The molecule has 0 spiro atoms. The number of hydrogen-bond donors (Lipinski definition) is 1. The van der Waals surface area contributed by atoms with E-state index in [1.54, 1.807) is 11.3 Å². The fraction of sp³-hybridized carbons (Fsp3) is 0.750. The first kappa shape index (κ1) is 12.0. The smallest absolute Gasteiger partial charge is 0.0897 e. The van der Waals surface area contributed by atoms with Crippen molar-refractivity contribution in [3.63, 3.8) is 0 Å². The highest BCUT2D eigenvalue weighted by atomic mass is 32.1. The Hall–Kier alpha value is -0.450. The van der Waals surface area contributed by atoms with Crippen LogP contribution < -0.4 is 5.32 Å². The number of likely N-dealkylation sites (N-methyl/N-ethyl adjacent to an activating group) is 1. The van der Waals surface area contributed by atoms with Crippen molar-refractivity contribution in [1.82, 2.24) is 15.2 Å². The summed E-state index contributed by atoms with van der Waals surface area (Å²) in [7, 11) is 4.38. The van der Waals surface area contributed by atoms with Gasteiger partial charge < -0.3 is 10.2 Å². The Labute approximate surface area is 102 Å². The average molecular weight is 239 g/mol. The van der Waals surface area contributed by atoms with E-state index >= 15 is 0 Å². The number of aromatic nitrogens is 1. The van der Waals surface area contributed by atoms with Gasteiger partial charge in [0.1, 0.15) is 0 Å². The predicted molar refractivity (Wildman–Crippen MR) is 68.8 cm³/mol. The molecule has 1 aromatic heterocycles. The van der Waals surface area contributed by atoms with E-state index in [2.05, 4.69) is 41.6 Å². The molecule has 0 atom stereocenters. The monoisotopic (exact) mass is 239 g/mol. The average Bonchev–Trinajstić information content (AvgIpc) is 2.55. The van der Waals surface area contributed by atoms with Gasteiger partial charge in [-0.3, -0.25) is 0 Å². The Balaban J connectivity index is 1.79. The third-order valence-corrected chi connectivity index (χ3v) is 4.48. The van der Waals surface area contributed by atoms with Crippen LogP contribution in [0.2, 0.25) is 0 Å². The number of nitrogens with one attached hydrogen (secondary N) is 1. The summed E-state index contributed by atoms with van der Waals surface area (Å²) in [6.45, 7) is 4.04. The fourth-order valence-corrected chi connectivity index (χ4v) is 2.89. The zero-order valence-corrected chi connectivity index (χ0v) is 11.2. The SMILES string of the molecule is Cc1nc(CNCC2(N(C)C)CCC2)cs1. The highest BCUT2D eigenvalue weighted by Crippen LogP contribution is 2.35. The molecule has 0 radical (unpaired) electrons. The minimum atomic E-state index is 0.408. The summed E-state index contributed by atoms with van der Waals surface area (Å²) in [5.41, 5.74) is 1.58. The lowest BCUT2D eigenvalue weighted by atomic mass is 9.75. The van der Waals surface area contributed by atoms with Gasteiger partial charge >= 0.3 is 0 Å². The highest BCUT2D eigenvalue weighted by Gasteiger charge is 2.38. The summed E-state index contributed by atoms with van der Waals surface area (Å²) in [4.78, 5) is 6.83. The summed E-state index contributed by atoms with van der Waals surface area (Å²) in [5, 5.41) is 6.84. The maximum Gasteiger partial charge on any atom is 0.0897 e. The van der Waals surface area contributed by atoms with Crippen LogP contribution in [0.15, 0.2) is 5.38 Å². The van der Waals surface area contributed by atoms with E-state index in [-0.39, 0.29) is 0 Å². The van der Waals surface area contributed by atoms with Gasteiger partial charge in [0.25, 0.3) is 0 Å². The van der Waals surface area contributed by atoms with E-state index in [1.807, 2.05) is 0 Å². The second-order valence-electron chi connectivity index (χ2n) is 4.93. The minimum absolute atomic E-state index is 0.408. The van der Waals surface area contributed by atoms with Crippen molar-refractivity contribution in [2.24, 2.45) is 0 Å². The normalized spacial score (nSPS) is 18.8. The minimum Gasteiger partial charge on any atom is -0.309 e. The Kier molecular flexibility index (Phi) is 3.62. The number of aryl methyl sites for hydroxylation is 1. The molecule has 4 heteroatoms. The lowest BCUT2D eigenvalue weighted by Gasteiger charge is -2.47. The zero-order valence-electron chi connectivity index (χ0n) is 10.4. The molecule has 1 aliphatic carbocycles. The van der Waals surface area contributed by atoms with Crippen LogP contribution in [-0.4, -0.2) is 36.1 Å². The van der Waals surface area contributed by atoms with Crippen molar-refractivity contribution in [2.45, 2.75) is 38.3 Å². The third-order valence-electron chi connectivity index (χ3n) is 3.66. The number of nitrogens with zero attached hydrogens (tertiary/aromatic N) is 2. The summed E-state index contributed by atoms with van der Waals surface area (Å²) in [6.07, 6.45) is 4.02. The number of rotatable bonds is 5. The molecule has 0 aromatic carbocycles. The molecule has 90 valence electrons. The second kappa shape index (κ2) is 4.82. The van der Waals surface area contributed by atoms with Gasteiger partial charge in [-0.05, 0) is 40.3 Å². The summed E-state index contributed by atoms with van der Waals surface area (Å²) < 4.78 is 0. The van der Waals surface area contributed by atoms with Gasteiger partial charge in [0.15, 0.2) is 0 Å². The number of hydrogen-bond acceptors (Lipinski definition) is 4. The molecular formula is C12H21N3S. The van der Waals surface area contributed by atoms with Crippen molar-refractivity contribution < 1.29 is 0 Å². The maximum atomic E-state index is 4.46. The molecule has 1 N–H and O–H groups in total. The van der Waals surface area contributed by atoms with Gasteiger partial charge in [0.2, 0.25) is 0 Å². The molecule has 1 fully saturated rings. The molecule has 0 aliphatic heterocycles. The molecule has 16 heavy (non-hydrogen) atoms. The van der Waals surface area contributed by atoms with Gasteiger partial charge in [-0.2, -0.15) is 0 Å². The van der Waals surface area contributed by atoms with Crippen LogP contribution in [0.25, 0.3) is 0 Å². The van der Waals surface area contributed by atoms with E-state index in [1.165, 1.54) is 25.0 Å². The Morgan fingerprint density at radius 2 is 2.25 bits per heavy atom. The Bertz CT molecular complexity index is 342. The molecule has 1 heterocycles. The van der Waals surface area contributed by atoms with Gasteiger partial charge in [-0.1, -0.05) is 0 Å². The number of thiazole rings is 1. The fourth-order valence-electron chi connectivity index (χ4n) is 2.28. The van der Waals surface area contributed by atoms with Crippen molar-refractivity contribution in [1.29, 1.82) is 0 Å². The van der Waals surface area contributed by atoms with Crippen LogP contribution in [-0.2, 0) is 6.54 Å². The van der Waals surface area contributed by atoms with E-state index in [0.717, 1.165) is 18.1 Å². The summed E-state index contributed by atoms with van der Waals surface area (Å²) in [5.74, 6) is 0. The van der Waals surface area contributed by atoms with Crippen LogP contribution in [0.1, 0.15) is 30.0 Å². The van der Waals surface area contributed by atoms with Crippen LogP contribution >= 0.6 is 11.3 Å². The summed E-state index contributed by atoms with van der Waals surface area (Å²) in [6, 6.07) is 0. The lowest BCUT2D eigenvalue weighted by Crippen LogP contribution is -2.56. The molecule has 1 saturated carbocycles. The highest BCUT2D eigenvalue weighted by molar-refractivity contribution is 7.09. The molecule has 2 rings (SSSR count). The first-order chi connectivity index (χ1) is 7.62. The first-order valence-corrected chi connectivity index (χ1v) is 6.79. The summed E-state index contributed by atoms with van der Waals surface area (Å²) >= 11 is 1.73. The van der Waals surface area contributed by atoms with Crippen molar-refractivity contribution in [2.75, 3.05) is 20.6 Å². The maximum absolute atomic E-state index is 4.46. The molecule has 1 aliphatic rings. The van der Waals surface area contributed by atoms with Crippen molar-refractivity contribution in [3.8, 4) is 0 Å². The second-order valence-corrected chi connectivity index (χ2v) is 6.00. The molecular weight excluding hydrogens is 218 g/mol. The van der Waals surface area contributed by atoms with Gasteiger partial charge in [-0.15, -0.1) is 11.3 Å². The third kappa shape index (κ3) is 2.44. The Morgan fingerprint density at radius 3 is 2.69 bits per heavy atom. The van der Waals surface area contributed by atoms with Gasteiger partial charge in [-0.25, -0.2) is 4.98 Å². The molecule has 0 unspecified atom stereocenters. The standard InChI is InChI=1S/C12H21N3S/c1-10-14-11(8-16-10)7-13-9-12(15(2)3)5-4-6-12/h8,13H,4-7,9H2,1-3H3. The van der Waals surface area contributed by atoms with Gasteiger partial charge in [0, 0.05) is 24.0 Å². The largest absolute Gasteiger partial charge is 0.309 e. The van der Waals surface area contributed by atoms with Crippen LogP contribution in [0, 0.1) is 6.92 Å². The molecule has 1 aromatic rings. The van der Waals surface area contributed by atoms with Crippen LogP contribution in [0.3, 0.4) is 0 Å². The van der Waals surface area contributed by atoms with Crippen LogP contribution in [0.4, 0.5) is 0 Å². The van der Waals surface area contributed by atoms with E-state index in [4.69, 9.17) is 0 Å². The van der Waals surface area contributed by atoms with Gasteiger partial charge in [0.05, 0.1) is 10.7 Å². The zero-order chi connectivity index (χ0) is 11.6. The first-order valence-electron chi connectivity index (χ1n) is 5.92. The van der Waals surface area contributed by atoms with Crippen LogP contribution in [0.5, 0.6) is 0 Å². The topological polar surface area (TPSA) is 28.2 Å². The molecule has 0 saturated heterocycles. The van der Waals surface area contributed by atoms with E-state index < -0.39 is 0 Å². The quantitative estimate of drug-likeness (QED) is 0.852. The van der Waals surface area contributed by atoms with E-state index in [0.29, 0.717) is 5.54 Å².